The van der Waals surface area contributed by atoms with E-state index in [-0.39, 0.29) is 11.8 Å². The summed E-state index contributed by atoms with van der Waals surface area (Å²) in [7, 11) is -3.21. The van der Waals surface area contributed by atoms with E-state index in [9.17, 15) is 8.42 Å². The Hall–Kier alpha value is -3.30. The highest BCUT2D eigenvalue weighted by Crippen LogP contribution is 2.45. The van der Waals surface area contributed by atoms with Crippen molar-refractivity contribution >= 4 is 33.3 Å². The van der Waals surface area contributed by atoms with Crippen molar-refractivity contribution in [1.29, 1.82) is 0 Å². The predicted octanol–water partition coefficient (Wildman–Crippen LogP) is 5.82. The van der Waals surface area contributed by atoms with Crippen LogP contribution < -0.4 is 0 Å². The molecular formula is C32H34ClN5O2S. The van der Waals surface area contributed by atoms with Crippen LogP contribution in [0.3, 0.4) is 0 Å². The molecular weight excluding hydrogens is 554 g/mol. The molecule has 0 bridgehead atoms. The smallest absolute Gasteiger partial charge is 0.211 e. The SMILES string of the molecule is CS(=O)(=O)N1CCC(C2c3ccc(Cl)cc3C=C(CN(Cc3ccccc3)Cc3cnc[nH]3)c3cccnc32)CC1. The quantitative estimate of drug-likeness (QED) is 0.281. The Kier molecular flexibility index (Phi) is 8.08. The Morgan fingerprint density at radius 2 is 1.83 bits per heavy atom. The summed E-state index contributed by atoms with van der Waals surface area (Å²) >= 11 is 6.56. The lowest BCUT2D eigenvalue weighted by Gasteiger charge is -2.35. The Balaban J connectivity index is 1.39. The van der Waals surface area contributed by atoms with Gasteiger partial charge in [-0.2, -0.15) is 0 Å². The summed E-state index contributed by atoms with van der Waals surface area (Å²) in [5.74, 6) is 0.309. The van der Waals surface area contributed by atoms with Crippen molar-refractivity contribution in [2.45, 2.75) is 31.8 Å². The minimum atomic E-state index is -3.21. The van der Waals surface area contributed by atoms with Crippen LogP contribution in [0.15, 0.2) is 79.4 Å². The number of pyridine rings is 1. The lowest BCUT2D eigenvalue weighted by Crippen LogP contribution is -2.39. The van der Waals surface area contributed by atoms with Crippen LogP contribution in [0.2, 0.25) is 5.02 Å². The van der Waals surface area contributed by atoms with Crippen LogP contribution >= 0.6 is 11.6 Å². The first-order valence-corrected chi connectivity index (χ1v) is 16.2. The van der Waals surface area contributed by atoms with Crippen molar-refractivity contribution < 1.29 is 8.42 Å². The molecule has 1 saturated heterocycles. The van der Waals surface area contributed by atoms with Gasteiger partial charge in [0.2, 0.25) is 10.0 Å². The van der Waals surface area contributed by atoms with Crippen LogP contribution in [0, 0.1) is 5.92 Å². The molecule has 0 amide bonds. The van der Waals surface area contributed by atoms with Crippen molar-refractivity contribution in [3.8, 4) is 0 Å². The van der Waals surface area contributed by atoms with E-state index in [1.54, 1.807) is 10.6 Å². The first kappa shape index (κ1) is 27.8. The van der Waals surface area contributed by atoms with Crippen LogP contribution in [0.25, 0.3) is 11.6 Å². The van der Waals surface area contributed by atoms with E-state index in [0.717, 1.165) is 48.4 Å². The number of imidazole rings is 1. The lowest BCUT2D eigenvalue weighted by atomic mass is 9.76. The number of fused-ring (bicyclic) bond motifs is 2. The zero-order valence-corrected chi connectivity index (χ0v) is 24.7. The van der Waals surface area contributed by atoms with E-state index in [2.05, 4.69) is 63.4 Å². The maximum Gasteiger partial charge on any atom is 0.211 e. The van der Waals surface area contributed by atoms with E-state index >= 15 is 0 Å². The molecule has 0 spiro atoms. The fraction of sp³-hybridized carbons (Fsp3) is 0.312. The topological polar surface area (TPSA) is 82.2 Å². The van der Waals surface area contributed by atoms with E-state index < -0.39 is 10.0 Å². The van der Waals surface area contributed by atoms with Crippen LogP contribution in [0.4, 0.5) is 0 Å². The molecule has 2 aromatic carbocycles. The number of rotatable bonds is 8. The number of nitrogens with zero attached hydrogens (tertiary/aromatic N) is 4. The maximum atomic E-state index is 12.2. The minimum Gasteiger partial charge on any atom is -0.347 e. The number of aromatic amines is 1. The van der Waals surface area contributed by atoms with Gasteiger partial charge < -0.3 is 4.98 Å². The number of halogens is 1. The van der Waals surface area contributed by atoms with Crippen molar-refractivity contribution in [3.63, 3.8) is 0 Å². The van der Waals surface area contributed by atoms with Crippen LogP contribution in [-0.4, -0.2) is 58.5 Å². The van der Waals surface area contributed by atoms with E-state index in [4.69, 9.17) is 16.6 Å². The van der Waals surface area contributed by atoms with Gasteiger partial charge in [0, 0.05) is 67.3 Å². The third-order valence-corrected chi connectivity index (χ3v) is 9.76. The highest BCUT2D eigenvalue weighted by molar-refractivity contribution is 7.88. The second-order valence-electron chi connectivity index (χ2n) is 11.1. The van der Waals surface area contributed by atoms with Gasteiger partial charge in [-0.05, 0) is 65.3 Å². The van der Waals surface area contributed by atoms with Crippen molar-refractivity contribution in [1.82, 2.24) is 24.2 Å². The highest BCUT2D eigenvalue weighted by atomic mass is 35.5. The number of piperidine rings is 1. The molecule has 212 valence electrons. The van der Waals surface area contributed by atoms with Crippen LogP contribution in [-0.2, 0) is 23.1 Å². The van der Waals surface area contributed by atoms with Gasteiger partial charge in [-0.25, -0.2) is 17.7 Å². The number of hydrogen-bond donors (Lipinski definition) is 1. The molecule has 1 aliphatic carbocycles. The van der Waals surface area contributed by atoms with Crippen LogP contribution in [0.1, 0.15) is 52.4 Å². The molecule has 1 N–H and O–H groups in total. The summed E-state index contributed by atoms with van der Waals surface area (Å²) in [5, 5.41) is 0.697. The standard InChI is InChI=1S/C32H34ClN5O2S/c1-41(39,40)38-14-11-24(12-15-38)31-29-10-9-27(33)17-25(29)16-26(30-8-5-13-35-32(30)31)20-37(21-28-18-34-22-36-28)19-23-6-3-2-4-7-23/h2-10,13,16-18,22,24,31H,11-12,14-15,19-21H2,1H3,(H,34,36). The normalized spacial score (nSPS) is 18.0. The molecule has 0 radical (unpaired) electrons. The molecule has 6 rings (SSSR count). The average molecular weight is 588 g/mol. The van der Waals surface area contributed by atoms with Gasteiger partial charge in [0.25, 0.3) is 0 Å². The average Bonchev–Trinajstić information content (AvgIpc) is 3.43. The zero-order chi connectivity index (χ0) is 28.4. The fourth-order valence-corrected chi connectivity index (χ4v) is 7.37. The second-order valence-corrected chi connectivity index (χ2v) is 13.5. The minimum absolute atomic E-state index is 0.0455. The molecule has 3 heterocycles. The Morgan fingerprint density at radius 3 is 2.56 bits per heavy atom. The fourth-order valence-electron chi connectivity index (χ4n) is 6.31. The summed E-state index contributed by atoms with van der Waals surface area (Å²) in [4.78, 5) is 14.9. The second kappa shape index (κ2) is 11.9. The molecule has 1 aliphatic heterocycles. The number of hydrogen-bond acceptors (Lipinski definition) is 5. The molecule has 7 nitrogen and oxygen atoms in total. The number of aromatic nitrogens is 3. The van der Waals surface area contributed by atoms with Crippen molar-refractivity contribution in [2.24, 2.45) is 5.92 Å². The first-order valence-electron chi connectivity index (χ1n) is 14.0. The summed E-state index contributed by atoms with van der Waals surface area (Å²) in [5.41, 5.74) is 7.97. The third kappa shape index (κ3) is 6.31. The summed E-state index contributed by atoms with van der Waals surface area (Å²) in [6.07, 6.45) is 10.6. The monoisotopic (exact) mass is 587 g/mol. The van der Waals surface area contributed by atoms with E-state index in [1.807, 2.05) is 30.6 Å². The van der Waals surface area contributed by atoms with Crippen molar-refractivity contribution in [3.05, 3.63) is 118 Å². The first-order chi connectivity index (χ1) is 19.8. The summed E-state index contributed by atoms with van der Waals surface area (Å²) < 4.78 is 26.1. The summed E-state index contributed by atoms with van der Waals surface area (Å²) in [6, 6.07) is 20.8. The van der Waals surface area contributed by atoms with Gasteiger partial charge in [-0.3, -0.25) is 9.88 Å². The van der Waals surface area contributed by atoms with Crippen molar-refractivity contribution in [2.75, 3.05) is 25.9 Å². The third-order valence-electron chi connectivity index (χ3n) is 8.22. The summed E-state index contributed by atoms with van der Waals surface area (Å²) in [6.45, 7) is 3.26. The molecule has 4 aromatic rings. The Morgan fingerprint density at radius 1 is 1.02 bits per heavy atom. The molecule has 2 aromatic heterocycles. The molecule has 41 heavy (non-hydrogen) atoms. The number of benzene rings is 2. The Bertz CT molecular complexity index is 1630. The molecule has 0 saturated carbocycles. The van der Waals surface area contributed by atoms with Gasteiger partial charge in [0.1, 0.15) is 0 Å². The van der Waals surface area contributed by atoms with E-state index in [1.165, 1.54) is 23.0 Å². The predicted molar refractivity (Wildman–Crippen MR) is 164 cm³/mol. The Labute approximate surface area is 247 Å². The number of sulfonamides is 1. The molecule has 9 heteroatoms. The van der Waals surface area contributed by atoms with Gasteiger partial charge >= 0.3 is 0 Å². The highest BCUT2D eigenvalue weighted by Gasteiger charge is 2.36. The lowest BCUT2D eigenvalue weighted by molar-refractivity contribution is 0.256. The molecule has 1 atom stereocenters. The van der Waals surface area contributed by atoms with Crippen LogP contribution in [0.5, 0.6) is 0 Å². The van der Waals surface area contributed by atoms with Gasteiger partial charge in [-0.1, -0.05) is 54.1 Å². The van der Waals surface area contributed by atoms with Gasteiger partial charge in [0.15, 0.2) is 0 Å². The molecule has 1 unspecified atom stereocenters. The zero-order valence-electron chi connectivity index (χ0n) is 23.1. The van der Waals surface area contributed by atoms with Gasteiger partial charge in [0.05, 0.1) is 18.3 Å². The molecule has 1 fully saturated rings. The number of H-pyrrole nitrogens is 1. The number of nitrogens with one attached hydrogen (secondary N) is 1. The largest absolute Gasteiger partial charge is 0.347 e. The van der Waals surface area contributed by atoms with E-state index in [0.29, 0.717) is 24.7 Å². The molecule has 2 aliphatic rings. The van der Waals surface area contributed by atoms with Gasteiger partial charge in [-0.15, -0.1) is 0 Å². The maximum absolute atomic E-state index is 12.2.